The monoisotopic (exact) mass is 332 g/mol. The van der Waals surface area contributed by atoms with E-state index in [0.717, 1.165) is 12.1 Å². The van der Waals surface area contributed by atoms with E-state index < -0.39 is 40.6 Å². The Labute approximate surface area is 86.5 Å². The van der Waals surface area contributed by atoms with E-state index in [1.807, 2.05) is 0 Å². The highest BCUT2D eigenvalue weighted by atomic mass is 127. The van der Waals surface area contributed by atoms with E-state index in [9.17, 15) is 14.6 Å². The molecule has 0 bridgehead atoms. The van der Waals surface area contributed by atoms with Gasteiger partial charge in [0.1, 0.15) is 9.32 Å². The Kier molecular flexibility index (Phi) is 3.07. The average Bonchev–Trinajstić information content (AvgIpc) is 2.01. The van der Waals surface area contributed by atoms with Crippen LogP contribution in [0.4, 0.5) is 0 Å². The number of halogens is 1. The molecule has 0 spiro atoms. The molecule has 0 aliphatic rings. The highest BCUT2D eigenvalue weighted by molar-refractivity contribution is 14.2. The van der Waals surface area contributed by atoms with E-state index in [0.29, 0.717) is 6.07 Å². The zero-order chi connectivity index (χ0) is 10.9. The molecule has 78 valence electrons. The Balaban J connectivity index is 3.41. The van der Waals surface area contributed by atoms with Crippen LogP contribution >= 0.6 is 19.8 Å². The van der Waals surface area contributed by atoms with Gasteiger partial charge in [-0.25, -0.2) is 6.14 Å². The first kappa shape index (κ1) is 11.3. The van der Waals surface area contributed by atoms with Gasteiger partial charge in [-0.05, 0) is 12.1 Å². The molecule has 0 atom stereocenters. The summed E-state index contributed by atoms with van der Waals surface area (Å²) in [5.41, 5.74) is 0. The van der Waals surface area contributed by atoms with Crippen molar-refractivity contribution in [1.82, 2.24) is 0 Å². The first-order valence-electron chi connectivity index (χ1n) is 3.18. The fourth-order valence-electron chi connectivity index (χ4n) is 0.783. The number of rotatable bonds is 2. The zero-order valence-electron chi connectivity index (χ0n) is 6.55. The van der Waals surface area contributed by atoms with Crippen LogP contribution in [0, 0.1) is 3.57 Å². The van der Waals surface area contributed by atoms with Crippen molar-refractivity contribution in [3.8, 4) is 5.75 Å². The second kappa shape index (κ2) is 3.79. The van der Waals surface area contributed by atoms with Gasteiger partial charge in [0.15, 0.2) is 0 Å². The number of phenols is 1. The Morgan fingerprint density at radius 3 is 2.14 bits per heavy atom. The van der Waals surface area contributed by atoms with Gasteiger partial charge in [0.2, 0.25) is 0 Å². The molecule has 0 saturated carbocycles. The molecule has 14 heavy (non-hydrogen) atoms. The maximum Gasteiger partial charge on any atom is 0.344 e. The largest absolute Gasteiger partial charge is 0.507 e. The molecular formula is C6H5IO6S. The first-order chi connectivity index (χ1) is 6.32. The van der Waals surface area contributed by atoms with E-state index in [-0.39, 0.29) is 3.57 Å². The van der Waals surface area contributed by atoms with E-state index >= 15 is 0 Å². The lowest BCUT2D eigenvalue weighted by Crippen LogP contribution is -1.97. The quantitative estimate of drug-likeness (QED) is 0.618. The highest BCUT2D eigenvalue weighted by Crippen LogP contribution is 2.29. The van der Waals surface area contributed by atoms with Gasteiger partial charge >= 0.3 is 19.8 Å². The summed E-state index contributed by atoms with van der Waals surface area (Å²) >= 11 is -3.83. The molecule has 0 radical (unpaired) electrons. The van der Waals surface area contributed by atoms with Crippen LogP contribution in [-0.2, 0) is 16.3 Å². The molecule has 0 aliphatic heterocycles. The lowest BCUT2D eigenvalue weighted by atomic mass is 10.3. The topological polar surface area (TPSA) is 109 Å². The molecule has 0 aromatic heterocycles. The maximum atomic E-state index is 10.6. The van der Waals surface area contributed by atoms with E-state index in [4.69, 9.17) is 9.66 Å². The van der Waals surface area contributed by atoms with E-state index in [1.54, 1.807) is 0 Å². The number of hydrogen-bond donors (Lipinski definition) is 2. The normalized spacial score (nSPS) is 11.9. The molecule has 0 fully saturated rings. The van der Waals surface area contributed by atoms with Crippen molar-refractivity contribution in [2.45, 2.75) is 4.90 Å². The summed E-state index contributed by atoms with van der Waals surface area (Å²) in [6.45, 7) is 0. The minimum atomic E-state index is -4.41. The smallest absolute Gasteiger partial charge is 0.344 e. The Bertz CT molecular complexity index is 521. The van der Waals surface area contributed by atoms with E-state index in [2.05, 4.69) is 0 Å². The van der Waals surface area contributed by atoms with Crippen molar-refractivity contribution in [3.05, 3.63) is 21.8 Å². The fraction of sp³-hybridized carbons (Fsp3) is 0. The third-order valence-corrected chi connectivity index (χ3v) is 4.09. The van der Waals surface area contributed by atoms with Gasteiger partial charge in [0, 0.05) is 6.07 Å². The van der Waals surface area contributed by atoms with Crippen LogP contribution in [0.2, 0.25) is 0 Å². The fourth-order valence-corrected chi connectivity index (χ4v) is 2.36. The molecule has 8 heteroatoms. The molecule has 0 amide bonds. The van der Waals surface area contributed by atoms with Gasteiger partial charge < -0.3 is 5.11 Å². The Morgan fingerprint density at radius 1 is 1.21 bits per heavy atom. The van der Waals surface area contributed by atoms with Crippen molar-refractivity contribution >= 4 is 29.9 Å². The minimum absolute atomic E-state index is 0.304. The Hall–Kier alpha value is -0.740. The maximum absolute atomic E-state index is 10.6. The second-order valence-corrected chi connectivity index (χ2v) is 6.13. The molecule has 1 aromatic carbocycles. The van der Waals surface area contributed by atoms with Crippen molar-refractivity contribution in [3.63, 3.8) is 0 Å². The van der Waals surface area contributed by atoms with Crippen LogP contribution in [0.25, 0.3) is 0 Å². The van der Waals surface area contributed by atoms with Crippen LogP contribution in [0.1, 0.15) is 0 Å². The second-order valence-electron chi connectivity index (χ2n) is 2.31. The molecule has 6 nitrogen and oxygen atoms in total. The standard InChI is InChI=1S/C6H5IO6S/c8-6-3-4(14(11,12)13)1-2-5(6)7(9)10/h1-3,8H,(H,11,12,13). The molecule has 2 N–H and O–H groups in total. The molecule has 0 heterocycles. The number of hydrogen-bond acceptors (Lipinski definition) is 5. The minimum Gasteiger partial charge on any atom is -0.507 e. The van der Waals surface area contributed by atoms with Gasteiger partial charge in [-0.1, -0.05) is 0 Å². The van der Waals surface area contributed by atoms with Gasteiger partial charge in [-0.15, -0.1) is 0 Å². The van der Waals surface area contributed by atoms with Gasteiger partial charge in [-0.3, -0.25) is 4.55 Å². The number of aromatic hydroxyl groups is 1. The molecule has 1 rings (SSSR count). The molecular weight excluding hydrogens is 327 g/mol. The molecule has 0 unspecified atom stereocenters. The Morgan fingerprint density at radius 2 is 1.79 bits per heavy atom. The predicted octanol–water partition coefficient (Wildman–Crippen LogP) is 1.01. The number of benzene rings is 1. The van der Waals surface area contributed by atoms with Gasteiger partial charge in [0.25, 0.3) is 10.1 Å². The summed E-state index contributed by atoms with van der Waals surface area (Å²) in [6.07, 6.45) is 0. The van der Waals surface area contributed by atoms with Gasteiger partial charge in [-0.2, -0.15) is 8.42 Å². The lowest BCUT2D eigenvalue weighted by Gasteiger charge is -1.98. The third-order valence-electron chi connectivity index (χ3n) is 1.38. The zero-order valence-corrected chi connectivity index (χ0v) is 9.52. The van der Waals surface area contributed by atoms with Crippen LogP contribution in [0.3, 0.4) is 0 Å². The first-order valence-corrected chi connectivity index (χ1v) is 7.46. The van der Waals surface area contributed by atoms with Crippen LogP contribution < -0.4 is 0 Å². The summed E-state index contributed by atoms with van der Waals surface area (Å²) in [5.74, 6) is -0.671. The molecule has 1 aromatic rings. The average molecular weight is 332 g/mol. The summed E-state index contributed by atoms with van der Waals surface area (Å²) in [5, 5.41) is 9.09. The van der Waals surface area contributed by atoms with Crippen LogP contribution in [0.5, 0.6) is 5.75 Å². The summed E-state index contributed by atoms with van der Waals surface area (Å²) < 4.78 is 50.5. The SMILES string of the molecule is O=I(=O)c1ccc(S(=O)(=O)O)cc1O. The van der Waals surface area contributed by atoms with Crippen molar-refractivity contribution in [2.75, 3.05) is 0 Å². The molecule has 0 saturated heterocycles. The van der Waals surface area contributed by atoms with Gasteiger partial charge in [0.05, 0.1) is 4.90 Å². The summed E-state index contributed by atoms with van der Waals surface area (Å²) in [4.78, 5) is -0.545. The highest BCUT2D eigenvalue weighted by Gasteiger charge is 2.14. The summed E-state index contributed by atoms with van der Waals surface area (Å²) in [7, 11) is -4.41. The third kappa shape index (κ3) is 2.39. The van der Waals surface area contributed by atoms with E-state index in [1.165, 1.54) is 0 Å². The van der Waals surface area contributed by atoms with Crippen molar-refractivity contribution in [1.29, 1.82) is 0 Å². The predicted molar refractivity (Wildman–Crippen MR) is 52.0 cm³/mol. The number of phenolic OH excluding ortho intramolecular Hbond substituents is 1. The summed E-state index contributed by atoms with van der Waals surface area (Å²) in [6, 6.07) is 2.53. The lowest BCUT2D eigenvalue weighted by molar-refractivity contribution is 0.463. The van der Waals surface area contributed by atoms with Crippen LogP contribution in [-0.4, -0.2) is 18.1 Å². The van der Waals surface area contributed by atoms with Crippen molar-refractivity contribution in [2.24, 2.45) is 0 Å². The molecule has 0 aliphatic carbocycles. The van der Waals surface area contributed by atoms with Crippen LogP contribution in [0.15, 0.2) is 23.1 Å². The van der Waals surface area contributed by atoms with Crippen molar-refractivity contribution < 1.29 is 24.2 Å².